The molecule has 0 radical (unpaired) electrons. The fourth-order valence-corrected chi connectivity index (χ4v) is 0.642. The number of rotatable bonds is 2. The summed E-state index contributed by atoms with van der Waals surface area (Å²) in [6.07, 6.45) is 3.11. The van der Waals surface area contributed by atoms with Crippen molar-refractivity contribution in [2.45, 2.75) is 6.54 Å². The molecule has 0 aliphatic heterocycles. The first-order valence-corrected chi connectivity index (χ1v) is 2.75. The normalized spacial score (nSPS) is 9.60. The van der Waals surface area contributed by atoms with E-state index in [9.17, 15) is 4.79 Å². The van der Waals surface area contributed by atoms with Crippen molar-refractivity contribution in [2.75, 3.05) is 5.73 Å². The molecule has 4 N–H and O–H groups in total. The maximum absolute atomic E-state index is 10.3. The van der Waals surface area contributed by atoms with E-state index in [1.807, 2.05) is 0 Å². The summed E-state index contributed by atoms with van der Waals surface area (Å²) >= 11 is 0. The van der Waals surface area contributed by atoms with E-state index in [1.165, 1.54) is 10.8 Å². The van der Waals surface area contributed by atoms with Gasteiger partial charge in [-0.3, -0.25) is 4.79 Å². The molecule has 0 saturated carbocycles. The molecule has 0 aromatic carbocycles. The van der Waals surface area contributed by atoms with E-state index in [2.05, 4.69) is 4.98 Å². The van der Waals surface area contributed by atoms with Gasteiger partial charge in [0.15, 0.2) is 0 Å². The van der Waals surface area contributed by atoms with Gasteiger partial charge in [-0.05, 0) is 0 Å². The van der Waals surface area contributed by atoms with E-state index < -0.39 is 5.91 Å². The van der Waals surface area contributed by atoms with Crippen LogP contribution in [0.3, 0.4) is 0 Å². The highest BCUT2D eigenvalue weighted by Crippen LogP contribution is 1.96. The van der Waals surface area contributed by atoms with Crippen molar-refractivity contribution >= 4 is 11.9 Å². The summed E-state index contributed by atoms with van der Waals surface area (Å²) in [4.78, 5) is 14.0. The molecule has 0 spiro atoms. The highest BCUT2D eigenvalue weighted by Gasteiger charge is 1.99. The summed E-state index contributed by atoms with van der Waals surface area (Å²) in [5, 5.41) is 0. The largest absolute Gasteiger partial charge is 0.369 e. The molecular formula is C5H8N4O. The van der Waals surface area contributed by atoms with Crippen LogP contribution in [0.15, 0.2) is 12.4 Å². The van der Waals surface area contributed by atoms with Gasteiger partial charge in [0.2, 0.25) is 11.9 Å². The van der Waals surface area contributed by atoms with E-state index in [4.69, 9.17) is 11.5 Å². The molecule has 1 aromatic heterocycles. The highest BCUT2D eigenvalue weighted by atomic mass is 16.1. The second-order valence-electron chi connectivity index (χ2n) is 1.88. The van der Waals surface area contributed by atoms with Crippen LogP contribution in [0, 0.1) is 0 Å². The minimum absolute atomic E-state index is 0.0891. The average Bonchev–Trinajstić information content (AvgIpc) is 2.15. The maximum atomic E-state index is 10.3. The van der Waals surface area contributed by atoms with Crippen LogP contribution in [0.1, 0.15) is 0 Å². The Balaban J connectivity index is 2.74. The summed E-state index contributed by atoms with van der Waals surface area (Å²) in [5.41, 5.74) is 10.2. The van der Waals surface area contributed by atoms with E-state index in [0.717, 1.165) is 0 Å². The van der Waals surface area contributed by atoms with Gasteiger partial charge in [-0.1, -0.05) is 0 Å². The van der Waals surface area contributed by atoms with Gasteiger partial charge in [-0.25, -0.2) is 4.98 Å². The third-order valence-electron chi connectivity index (χ3n) is 1.07. The number of nitrogen functional groups attached to an aromatic ring is 1. The summed E-state index contributed by atoms with van der Waals surface area (Å²) in [6, 6.07) is 0. The van der Waals surface area contributed by atoms with Crippen molar-refractivity contribution < 1.29 is 4.79 Å². The van der Waals surface area contributed by atoms with Crippen LogP contribution in [-0.4, -0.2) is 15.5 Å². The van der Waals surface area contributed by atoms with Gasteiger partial charge < -0.3 is 16.0 Å². The summed E-state index contributed by atoms with van der Waals surface area (Å²) < 4.78 is 1.47. The Morgan fingerprint density at radius 2 is 2.50 bits per heavy atom. The zero-order chi connectivity index (χ0) is 7.56. The SMILES string of the molecule is NC(=O)Cn1ccnc1N. The number of imidazole rings is 1. The topological polar surface area (TPSA) is 86.9 Å². The molecule has 1 heterocycles. The zero-order valence-corrected chi connectivity index (χ0v) is 5.32. The lowest BCUT2D eigenvalue weighted by molar-refractivity contribution is -0.118. The molecule has 0 saturated heterocycles. The van der Waals surface area contributed by atoms with E-state index in [0.29, 0.717) is 5.95 Å². The van der Waals surface area contributed by atoms with Crippen molar-refractivity contribution in [1.29, 1.82) is 0 Å². The van der Waals surface area contributed by atoms with Crippen LogP contribution < -0.4 is 11.5 Å². The number of nitrogens with zero attached hydrogens (tertiary/aromatic N) is 2. The fraction of sp³-hybridized carbons (Fsp3) is 0.200. The number of primary amides is 1. The van der Waals surface area contributed by atoms with Crippen LogP contribution in [0.2, 0.25) is 0 Å². The molecule has 10 heavy (non-hydrogen) atoms. The van der Waals surface area contributed by atoms with E-state index in [1.54, 1.807) is 6.20 Å². The lowest BCUT2D eigenvalue weighted by atomic mass is 10.6. The number of anilines is 1. The number of carbonyl (C=O) groups excluding carboxylic acids is 1. The van der Waals surface area contributed by atoms with Crippen molar-refractivity contribution in [3.8, 4) is 0 Å². The molecule has 0 unspecified atom stereocenters. The number of aromatic nitrogens is 2. The van der Waals surface area contributed by atoms with Crippen molar-refractivity contribution in [3.63, 3.8) is 0 Å². The Morgan fingerprint density at radius 3 is 2.90 bits per heavy atom. The van der Waals surface area contributed by atoms with E-state index in [-0.39, 0.29) is 6.54 Å². The highest BCUT2D eigenvalue weighted by molar-refractivity contribution is 5.73. The Kier molecular flexibility index (Phi) is 1.57. The van der Waals surface area contributed by atoms with Crippen LogP contribution >= 0.6 is 0 Å². The smallest absolute Gasteiger partial charge is 0.237 e. The molecule has 0 fully saturated rings. The summed E-state index contributed by atoms with van der Waals surface area (Å²) in [6.45, 7) is 0.0891. The van der Waals surface area contributed by atoms with Crippen LogP contribution in [0.25, 0.3) is 0 Å². The minimum atomic E-state index is -0.426. The number of hydrogen-bond donors (Lipinski definition) is 2. The number of hydrogen-bond acceptors (Lipinski definition) is 3. The second-order valence-corrected chi connectivity index (χ2v) is 1.88. The zero-order valence-electron chi connectivity index (χ0n) is 5.32. The van der Waals surface area contributed by atoms with Crippen LogP contribution in [0.5, 0.6) is 0 Å². The third kappa shape index (κ3) is 1.25. The minimum Gasteiger partial charge on any atom is -0.369 e. The number of nitrogens with two attached hydrogens (primary N) is 2. The fourth-order valence-electron chi connectivity index (χ4n) is 0.642. The number of carbonyl (C=O) groups is 1. The molecule has 1 aromatic rings. The summed E-state index contributed by atoms with van der Waals surface area (Å²) in [5.74, 6) is -0.122. The maximum Gasteiger partial charge on any atom is 0.237 e. The van der Waals surface area contributed by atoms with E-state index >= 15 is 0 Å². The Morgan fingerprint density at radius 1 is 1.80 bits per heavy atom. The predicted octanol–water partition coefficient (Wildman–Crippen LogP) is -1.05. The Bertz CT molecular complexity index is 242. The molecule has 5 nitrogen and oxygen atoms in total. The molecule has 5 heteroatoms. The average molecular weight is 140 g/mol. The molecule has 0 aliphatic rings. The Hall–Kier alpha value is -1.52. The van der Waals surface area contributed by atoms with Gasteiger partial charge >= 0.3 is 0 Å². The van der Waals surface area contributed by atoms with Crippen molar-refractivity contribution in [2.24, 2.45) is 5.73 Å². The predicted molar refractivity (Wildman–Crippen MR) is 35.8 cm³/mol. The molecule has 0 aliphatic carbocycles. The van der Waals surface area contributed by atoms with Gasteiger partial charge in [0.05, 0.1) is 0 Å². The standard InChI is InChI=1S/C5H8N4O/c6-4(10)3-9-2-1-8-5(9)7/h1-2H,3H2,(H2,6,10)(H2,7,8). The van der Waals surface area contributed by atoms with Crippen LogP contribution in [0.4, 0.5) is 5.95 Å². The van der Waals surface area contributed by atoms with Crippen molar-refractivity contribution in [3.05, 3.63) is 12.4 Å². The Labute approximate surface area is 57.6 Å². The van der Waals surface area contributed by atoms with Gasteiger partial charge in [0.25, 0.3) is 0 Å². The summed E-state index contributed by atoms with van der Waals surface area (Å²) in [7, 11) is 0. The molecule has 1 amide bonds. The van der Waals surface area contributed by atoms with Gasteiger partial charge in [-0.15, -0.1) is 0 Å². The molecule has 1 rings (SSSR count). The molecular weight excluding hydrogens is 132 g/mol. The van der Waals surface area contributed by atoms with Gasteiger partial charge in [0.1, 0.15) is 6.54 Å². The lowest BCUT2D eigenvalue weighted by Gasteiger charge is -1.98. The van der Waals surface area contributed by atoms with Gasteiger partial charge in [0, 0.05) is 12.4 Å². The quantitative estimate of drug-likeness (QED) is 0.549. The molecule has 0 atom stereocenters. The van der Waals surface area contributed by atoms with Crippen molar-refractivity contribution in [1.82, 2.24) is 9.55 Å². The first kappa shape index (κ1) is 6.60. The number of amides is 1. The molecule has 54 valence electrons. The second kappa shape index (κ2) is 2.38. The third-order valence-corrected chi connectivity index (χ3v) is 1.07. The van der Waals surface area contributed by atoms with Crippen LogP contribution in [-0.2, 0) is 11.3 Å². The first-order chi connectivity index (χ1) is 4.70. The molecule has 0 bridgehead atoms. The monoisotopic (exact) mass is 140 g/mol. The first-order valence-electron chi connectivity index (χ1n) is 2.75. The lowest BCUT2D eigenvalue weighted by Crippen LogP contribution is -2.19. The van der Waals surface area contributed by atoms with Gasteiger partial charge in [-0.2, -0.15) is 0 Å².